The van der Waals surface area contributed by atoms with Crippen molar-refractivity contribution >= 4 is 17.5 Å². The van der Waals surface area contributed by atoms with Crippen LogP contribution in [-0.2, 0) is 9.59 Å². The number of halogens is 1. The average Bonchev–Trinajstić information content (AvgIpc) is 2.58. The van der Waals surface area contributed by atoms with E-state index in [1.54, 1.807) is 6.20 Å². The molecule has 1 unspecified atom stereocenters. The van der Waals surface area contributed by atoms with Crippen molar-refractivity contribution in [1.82, 2.24) is 15.2 Å². The minimum atomic E-state index is -0.529. The van der Waals surface area contributed by atoms with Crippen molar-refractivity contribution in [3.05, 3.63) is 23.8 Å². The van der Waals surface area contributed by atoms with E-state index in [1.807, 2.05) is 0 Å². The Balaban J connectivity index is 1.63. The lowest BCUT2D eigenvalue weighted by Crippen LogP contribution is -2.47. The fraction of sp³-hybridized carbons (Fsp3) is 0.611. The first kappa shape index (κ1) is 17.8. The SMILES string of the molecule is CC(C)N1CCC(c2ncc(NC3CCC(=O)NC3=O)cc2F)CC1. The van der Waals surface area contributed by atoms with Gasteiger partial charge in [0.15, 0.2) is 0 Å². The van der Waals surface area contributed by atoms with Crippen molar-refractivity contribution < 1.29 is 14.0 Å². The van der Waals surface area contributed by atoms with Crippen molar-refractivity contribution in [2.45, 2.75) is 57.5 Å². The number of carbonyl (C=O) groups excluding carboxylic acids is 2. The summed E-state index contributed by atoms with van der Waals surface area (Å²) in [5.41, 5.74) is 0.979. The first-order chi connectivity index (χ1) is 11.9. The predicted molar refractivity (Wildman–Crippen MR) is 92.7 cm³/mol. The Hall–Kier alpha value is -2.02. The van der Waals surface area contributed by atoms with Crippen LogP contribution in [0.15, 0.2) is 12.3 Å². The smallest absolute Gasteiger partial charge is 0.249 e. The van der Waals surface area contributed by atoms with E-state index in [4.69, 9.17) is 0 Å². The normalized spacial score (nSPS) is 23.0. The van der Waals surface area contributed by atoms with Crippen LogP contribution < -0.4 is 10.6 Å². The number of likely N-dealkylation sites (tertiary alicyclic amines) is 1. The number of nitrogens with zero attached hydrogens (tertiary/aromatic N) is 2. The molecular formula is C18H25FN4O2. The zero-order valence-electron chi connectivity index (χ0n) is 14.7. The van der Waals surface area contributed by atoms with E-state index in [9.17, 15) is 14.0 Å². The number of pyridine rings is 1. The van der Waals surface area contributed by atoms with Gasteiger partial charge in [0.25, 0.3) is 0 Å². The molecule has 1 atom stereocenters. The van der Waals surface area contributed by atoms with Crippen LogP contribution in [0.2, 0.25) is 0 Å². The molecule has 3 rings (SSSR count). The second-order valence-corrected chi connectivity index (χ2v) is 7.14. The van der Waals surface area contributed by atoms with E-state index in [1.165, 1.54) is 6.07 Å². The largest absolute Gasteiger partial charge is 0.372 e. The molecule has 0 aliphatic carbocycles. The van der Waals surface area contributed by atoms with Crippen LogP contribution in [0.4, 0.5) is 10.1 Å². The van der Waals surface area contributed by atoms with Crippen molar-refractivity contribution in [3.8, 4) is 0 Å². The zero-order chi connectivity index (χ0) is 18.0. The maximum Gasteiger partial charge on any atom is 0.249 e. The topological polar surface area (TPSA) is 74.3 Å². The van der Waals surface area contributed by atoms with Crippen LogP contribution in [0.3, 0.4) is 0 Å². The summed E-state index contributed by atoms with van der Waals surface area (Å²) in [5, 5.41) is 5.25. The standard InChI is InChI=1S/C18H25FN4O2/c1-11(2)23-7-5-12(6-8-23)17-14(19)9-13(10-20-17)21-15-3-4-16(24)22-18(15)25/h9-12,15,21H,3-8H2,1-2H3,(H,22,24,25). The number of nitrogens with one attached hydrogen (secondary N) is 2. The van der Waals surface area contributed by atoms with Gasteiger partial charge in [-0.1, -0.05) is 0 Å². The van der Waals surface area contributed by atoms with Crippen molar-refractivity contribution in [1.29, 1.82) is 0 Å². The quantitative estimate of drug-likeness (QED) is 0.815. The molecule has 6 nitrogen and oxygen atoms in total. The maximum atomic E-state index is 14.5. The third-order valence-electron chi connectivity index (χ3n) is 5.10. The highest BCUT2D eigenvalue weighted by Gasteiger charge is 2.28. The summed E-state index contributed by atoms with van der Waals surface area (Å²) in [7, 11) is 0. The first-order valence-electron chi connectivity index (χ1n) is 8.93. The molecule has 1 aromatic rings. The number of hydrogen-bond donors (Lipinski definition) is 2. The molecule has 2 N–H and O–H groups in total. The van der Waals surface area contributed by atoms with Crippen LogP contribution in [0.5, 0.6) is 0 Å². The predicted octanol–water partition coefficient (Wildman–Crippen LogP) is 2.03. The molecular weight excluding hydrogens is 323 g/mol. The molecule has 2 fully saturated rings. The fourth-order valence-corrected chi connectivity index (χ4v) is 3.55. The molecule has 0 spiro atoms. The third-order valence-corrected chi connectivity index (χ3v) is 5.10. The van der Waals surface area contributed by atoms with Gasteiger partial charge in [0.1, 0.15) is 11.9 Å². The number of piperidine rings is 2. The van der Waals surface area contributed by atoms with Crippen LogP contribution in [0.25, 0.3) is 0 Å². The van der Waals surface area contributed by atoms with Crippen molar-refractivity contribution in [2.24, 2.45) is 0 Å². The molecule has 2 saturated heterocycles. The lowest BCUT2D eigenvalue weighted by molar-refractivity contribution is -0.133. The Morgan fingerprint density at radius 1 is 1.28 bits per heavy atom. The first-order valence-corrected chi connectivity index (χ1v) is 8.93. The van der Waals surface area contributed by atoms with Gasteiger partial charge in [-0.25, -0.2) is 4.39 Å². The van der Waals surface area contributed by atoms with E-state index in [2.05, 4.69) is 34.4 Å². The number of imide groups is 1. The Labute approximate surface area is 147 Å². The Kier molecular flexibility index (Phi) is 5.32. The Bertz CT molecular complexity index is 656. The van der Waals surface area contributed by atoms with E-state index >= 15 is 0 Å². The second-order valence-electron chi connectivity index (χ2n) is 7.14. The second kappa shape index (κ2) is 7.47. The van der Waals surface area contributed by atoms with Gasteiger partial charge in [0, 0.05) is 24.4 Å². The van der Waals surface area contributed by atoms with Crippen molar-refractivity contribution in [3.63, 3.8) is 0 Å². The molecule has 0 saturated carbocycles. The molecule has 2 aliphatic rings. The average molecular weight is 348 g/mol. The monoisotopic (exact) mass is 348 g/mol. The molecule has 7 heteroatoms. The van der Waals surface area contributed by atoms with Gasteiger partial charge in [-0.05, 0) is 46.2 Å². The molecule has 0 aromatic carbocycles. The van der Waals surface area contributed by atoms with Gasteiger partial charge < -0.3 is 10.2 Å². The van der Waals surface area contributed by atoms with E-state index in [0.717, 1.165) is 25.9 Å². The van der Waals surface area contributed by atoms with Gasteiger partial charge in [-0.15, -0.1) is 0 Å². The lowest BCUT2D eigenvalue weighted by atomic mass is 9.92. The lowest BCUT2D eigenvalue weighted by Gasteiger charge is -2.34. The maximum absolute atomic E-state index is 14.5. The van der Waals surface area contributed by atoms with Gasteiger partial charge in [-0.3, -0.25) is 19.9 Å². The van der Waals surface area contributed by atoms with Gasteiger partial charge in [-0.2, -0.15) is 0 Å². The van der Waals surface area contributed by atoms with Gasteiger partial charge in [0.2, 0.25) is 11.8 Å². The zero-order valence-corrected chi connectivity index (χ0v) is 14.7. The molecule has 2 aliphatic heterocycles. The molecule has 0 bridgehead atoms. The molecule has 2 amide bonds. The Morgan fingerprint density at radius 3 is 2.60 bits per heavy atom. The summed E-state index contributed by atoms with van der Waals surface area (Å²) in [5.74, 6) is -0.836. The van der Waals surface area contributed by atoms with Gasteiger partial charge in [0.05, 0.1) is 17.6 Å². The van der Waals surface area contributed by atoms with Crippen LogP contribution in [0.1, 0.15) is 51.1 Å². The van der Waals surface area contributed by atoms with Crippen LogP contribution >= 0.6 is 0 Å². The molecule has 1 aromatic heterocycles. The summed E-state index contributed by atoms with van der Waals surface area (Å²) in [6.45, 7) is 6.27. The van der Waals surface area contributed by atoms with Crippen LogP contribution in [0, 0.1) is 5.82 Å². The summed E-state index contributed by atoms with van der Waals surface area (Å²) >= 11 is 0. The van der Waals surface area contributed by atoms with Crippen LogP contribution in [-0.4, -0.2) is 46.9 Å². The number of aromatic nitrogens is 1. The summed E-state index contributed by atoms with van der Waals surface area (Å²) in [4.78, 5) is 29.7. The number of carbonyl (C=O) groups is 2. The van der Waals surface area contributed by atoms with Gasteiger partial charge >= 0.3 is 0 Å². The third kappa shape index (κ3) is 4.15. The summed E-state index contributed by atoms with van der Waals surface area (Å²) in [6.07, 6.45) is 4.08. The number of anilines is 1. The summed E-state index contributed by atoms with van der Waals surface area (Å²) in [6, 6.07) is 1.39. The van der Waals surface area contributed by atoms with E-state index < -0.39 is 6.04 Å². The highest BCUT2D eigenvalue weighted by molar-refractivity contribution is 6.01. The fourth-order valence-electron chi connectivity index (χ4n) is 3.55. The molecule has 0 radical (unpaired) electrons. The van der Waals surface area contributed by atoms with E-state index in [-0.39, 0.29) is 30.0 Å². The molecule has 3 heterocycles. The molecule has 136 valence electrons. The van der Waals surface area contributed by atoms with Crippen molar-refractivity contribution in [2.75, 3.05) is 18.4 Å². The highest BCUT2D eigenvalue weighted by Crippen LogP contribution is 2.30. The highest BCUT2D eigenvalue weighted by atomic mass is 19.1. The summed E-state index contributed by atoms with van der Waals surface area (Å²) < 4.78 is 14.5. The number of rotatable bonds is 4. The minimum Gasteiger partial charge on any atom is -0.372 e. The van der Waals surface area contributed by atoms with E-state index in [0.29, 0.717) is 23.8 Å². The molecule has 25 heavy (non-hydrogen) atoms. The minimum absolute atomic E-state index is 0.139. The number of amides is 2. The number of hydrogen-bond acceptors (Lipinski definition) is 5. The Morgan fingerprint density at radius 2 is 2.00 bits per heavy atom.